The molecule has 1 saturated heterocycles. The van der Waals surface area contributed by atoms with Crippen LogP contribution in [-0.2, 0) is 19.1 Å². The largest absolute Gasteiger partial charge is 0.462 e. The molecule has 3 aliphatic rings. The van der Waals surface area contributed by atoms with Crippen LogP contribution in [0.4, 0.5) is 0 Å². The smallest absolute Gasteiger partial charge is 0.310 e. The number of hydrogen-bond acceptors (Lipinski definition) is 5. The molecule has 0 radical (unpaired) electrons. The third kappa shape index (κ3) is 2.34. The predicted octanol–water partition coefficient (Wildman–Crippen LogP) is 2.22. The topological polar surface area (TPSA) is 69.7 Å². The normalized spacial score (nSPS) is 34.0. The highest BCUT2D eigenvalue weighted by molar-refractivity contribution is 6.21. The van der Waals surface area contributed by atoms with Crippen LogP contribution in [-0.4, -0.2) is 35.8 Å². The van der Waals surface area contributed by atoms with Crippen LogP contribution in [0.25, 0.3) is 0 Å². The van der Waals surface area contributed by atoms with Gasteiger partial charge in [-0.3, -0.25) is 14.4 Å². The third-order valence-corrected chi connectivity index (χ3v) is 5.78. The molecule has 3 fully saturated rings. The molecule has 1 aromatic rings. The Hall–Kier alpha value is -1.88. The summed E-state index contributed by atoms with van der Waals surface area (Å²) in [5.74, 6) is -1.93. The Morgan fingerprint density at radius 1 is 1.25 bits per heavy atom. The maximum atomic E-state index is 12.6. The highest BCUT2D eigenvalue weighted by Crippen LogP contribution is 2.58. The van der Waals surface area contributed by atoms with Gasteiger partial charge in [0.15, 0.2) is 6.10 Å². The van der Waals surface area contributed by atoms with Crippen LogP contribution < -0.4 is 0 Å². The van der Waals surface area contributed by atoms with E-state index in [1.165, 1.54) is 0 Å². The SMILES string of the molecule is O=C(O[C@@H](CCl)C(=O)c1ccccc1)[C@@H]1[C@@H]2C[C@H]3[C@@H]1C(=O)O[C@@H]3C2. The zero-order chi connectivity index (χ0) is 16.8. The van der Waals surface area contributed by atoms with E-state index >= 15 is 0 Å². The molecule has 2 bridgehead atoms. The highest BCUT2D eigenvalue weighted by Gasteiger charge is 2.64. The summed E-state index contributed by atoms with van der Waals surface area (Å²) in [4.78, 5) is 37.1. The predicted molar refractivity (Wildman–Crippen MR) is 84.4 cm³/mol. The van der Waals surface area contributed by atoms with Crippen molar-refractivity contribution < 1.29 is 23.9 Å². The van der Waals surface area contributed by atoms with E-state index in [2.05, 4.69) is 0 Å². The average molecular weight is 349 g/mol. The van der Waals surface area contributed by atoms with Gasteiger partial charge in [-0.15, -0.1) is 11.6 Å². The van der Waals surface area contributed by atoms with Crippen molar-refractivity contribution in [2.45, 2.75) is 25.0 Å². The van der Waals surface area contributed by atoms with E-state index < -0.39 is 23.9 Å². The van der Waals surface area contributed by atoms with Crippen molar-refractivity contribution in [3.63, 3.8) is 0 Å². The molecule has 0 N–H and O–H groups in total. The Kier molecular flexibility index (Phi) is 3.83. The van der Waals surface area contributed by atoms with E-state index in [0.29, 0.717) is 12.0 Å². The fourth-order valence-electron chi connectivity index (χ4n) is 4.49. The zero-order valence-electron chi connectivity index (χ0n) is 12.9. The minimum atomic E-state index is -1.03. The molecule has 0 unspecified atom stereocenters. The van der Waals surface area contributed by atoms with Crippen LogP contribution in [0.5, 0.6) is 0 Å². The van der Waals surface area contributed by atoms with Crippen molar-refractivity contribution in [2.75, 3.05) is 5.88 Å². The average Bonchev–Trinajstić information content (AvgIpc) is 3.21. The van der Waals surface area contributed by atoms with E-state index in [1.54, 1.807) is 30.3 Å². The number of benzene rings is 1. The van der Waals surface area contributed by atoms with Crippen molar-refractivity contribution in [3.05, 3.63) is 35.9 Å². The van der Waals surface area contributed by atoms with Gasteiger partial charge >= 0.3 is 11.9 Å². The molecule has 6 atom stereocenters. The van der Waals surface area contributed by atoms with Crippen LogP contribution in [0.15, 0.2) is 30.3 Å². The molecular weight excluding hydrogens is 332 g/mol. The molecule has 5 nitrogen and oxygen atoms in total. The lowest BCUT2D eigenvalue weighted by molar-refractivity contribution is -0.157. The summed E-state index contributed by atoms with van der Waals surface area (Å²) in [6, 6.07) is 8.60. The van der Waals surface area contributed by atoms with Crippen molar-refractivity contribution in [2.24, 2.45) is 23.7 Å². The number of carbonyl (C=O) groups is 3. The highest BCUT2D eigenvalue weighted by atomic mass is 35.5. The Bertz CT molecular complexity index is 686. The van der Waals surface area contributed by atoms with E-state index in [0.717, 1.165) is 6.42 Å². The summed E-state index contributed by atoms with van der Waals surface area (Å²) in [7, 11) is 0. The van der Waals surface area contributed by atoms with Crippen molar-refractivity contribution in [1.29, 1.82) is 0 Å². The molecule has 0 aromatic heterocycles. The van der Waals surface area contributed by atoms with Gasteiger partial charge in [0.05, 0.1) is 17.7 Å². The van der Waals surface area contributed by atoms with E-state index in [-0.39, 0.29) is 35.6 Å². The van der Waals surface area contributed by atoms with Crippen molar-refractivity contribution >= 4 is 29.3 Å². The Morgan fingerprint density at radius 2 is 2.00 bits per heavy atom. The second kappa shape index (κ2) is 5.88. The third-order valence-electron chi connectivity index (χ3n) is 5.50. The summed E-state index contributed by atoms with van der Waals surface area (Å²) < 4.78 is 10.8. The van der Waals surface area contributed by atoms with Gasteiger partial charge in [0.2, 0.25) is 5.78 Å². The molecule has 0 amide bonds. The number of hydrogen-bond donors (Lipinski definition) is 0. The monoisotopic (exact) mass is 348 g/mol. The first-order valence-corrected chi connectivity index (χ1v) is 8.70. The van der Waals surface area contributed by atoms with Gasteiger partial charge in [0.1, 0.15) is 6.10 Å². The van der Waals surface area contributed by atoms with Crippen LogP contribution in [0.3, 0.4) is 0 Å². The molecule has 2 aliphatic carbocycles. The second-order valence-electron chi connectivity index (χ2n) is 6.73. The summed E-state index contributed by atoms with van der Waals surface area (Å²) in [6.07, 6.45) is 0.462. The summed E-state index contributed by atoms with van der Waals surface area (Å²) in [6.45, 7) is 0. The molecule has 24 heavy (non-hydrogen) atoms. The van der Waals surface area contributed by atoms with Crippen LogP contribution in [0.2, 0.25) is 0 Å². The molecule has 6 heteroatoms. The summed E-state index contributed by atoms with van der Waals surface area (Å²) in [5.41, 5.74) is 0.448. The van der Waals surface area contributed by atoms with Crippen LogP contribution in [0, 0.1) is 23.7 Å². The molecule has 1 heterocycles. The number of fused-ring (bicyclic) bond motifs is 1. The number of rotatable bonds is 5. The van der Waals surface area contributed by atoms with E-state index in [1.807, 2.05) is 0 Å². The number of halogens is 1. The minimum Gasteiger partial charge on any atom is -0.462 e. The molecule has 4 rings (SSSR count). The number of esters is 2. The van der Waals surface area contributed by atoms with Crippen LogP contribution >= 0.6 is 11.6 Å². The number of ether oxygens (including phenoxy) is 2. The van der Waals surface area contributed by atoms with E-state index in [4.69, 9.17) is 21.1 Å². The Balaban J connectivity index is 1.49. The van der Waals surface area contributed by atoms with Gasteiger partial charge < -0.3 is 9.47 Å². The first kappa shape index (κ1) is 15.6. The molecule has 0 spiro atoms. The standard InChI is InChI=1S/C18H17ClO5/c19-8-13(16(20)9-4-2-1-3-5-9)24-17(21)14-10-6-11-12(7-10)23-18(22)15(11)14/h1-5,10-15H,6-8H2/t10-,11-,12-,13+,14-,15+/m1/s1. The first-order valence-electron chi connectivity index (χ1n) is 8.16. The number of Topliss-reactive ketones (excluding diaryl/α,β-unsaturated/α-hetero) is 1. The van der Waals surface area contributed by atoms with E-state index in [9.17, 15) is 14.4 Å². The van der Waals surface area contributed by atoms with Gasteiger partial charge in [-0.05, 0) is 18.8 Å². The maximum absolute atomic E-state index is 12.6. The van der Waals surface area contributed by atoms with Gasteiger partial charge in [0.25, 0.3) is 0 Å². The molecule has 126 valence electrons. The lowest BCUT2D eigenvalue weighted by Crippen LogP contribution is -2.38. The lowest BCUT2D eigenvalue weighted by atomic mass is 9.80. The summed E-state index contributed by atoms with van der Waals surface area (Å²) >= 11 is 5.86. The number of carbonyl (C=O) groups excluding carboxylic acids is 3. The first-order chi connectivity index (χ1) is 11.6. The quantitative estimate of drug-likeness (QED) is 0.463. The maximum Gasteiger partial charge on any atom is 0.310 e. The van der Waals surface area contributed by atoms with Crippen molar-refractivity contribution in [3.8, 4) is 0 Å². The molecule has 1 aliphatic heterocycles. The van der Waals surface area contributed by atoms with Crippen molar-refractivity contribution in [1.82, 2.24) is 0 Å². The zero-order valence-corrected chi connectivity index (χ0v) is 13.6. The van der Waals surface area contributed by atoms with Gasteiger partial charge in [-0.1, -0.05) is 30.3 Å². The summed E-state index contributed by atoms with van der Waals surface area (Å²) in [5, 5.41) is 0. The Labute approximate surface area is 144 Å². The number of alkyl halides is 1. The van der Waals surface area contributed by atoms with Crippen LogP contribution in [0.1, 0.15) is 23.2 Å². The fourth-order valence-corrected chi connectivity index (χ4v) is 4.69. The second-order valence-corrected chi connectivity index (χ2v) is 7.04. The molecular formula is C18H17ClO5. The minimum absolute atomic E-state index is 0.0358. The molecule has 1 aromatic carbocycles. The van der Waals surface area contributed by atoms with Gasteiger partial charge in [0, 0.05) is 11.5 Å². The Morgan fingerprint density at radius 3 is 2.71 bits per heavy atom. The fraction of sp³-hybridized carbons (Fsp3) is 0.500. The molecule has 2 saturated carbocycles. The van der Waals surface area contributed by atoms with Gasteiger partial charge in [-0.25, -0.2) is 0 Å². The number of ketones is 1. The van der Waals surface area contributed by atoms with Gasteiger partial charge in [-0.2, -0.15) is 0 Å². The lowest BCUT2D eigenvalue weighted by Gasteiger charge is -2.24.